The van der Waals surface area contributed by atoms with Crippen molar-refractivity contribution in [2.45, 2.75) is 39.2 Å². The Labute approximate surface area is 140 Å². The first-order valence-electron chi connectivity index (χ1n) is 8.26. The molecule has 1 aromatic heterocycles. The maximum atomic E-state index is 12.5. The Kier molecular flexibility index (Phi) is 4.11. The van der Waals surface area contributed by atoms with E-state index in [9.17, 15) is 19.5 Å². The molecule has 2 aliphatic heterocycles. The van der Waals surface area contributed by atoms with E-state index in [0.29, 0.717) is 31.7 Å². The molecule has 0 saturated carbocycles. The number of aromatic nitrogens is 1. The van der Waals surface area contributed by atoms with Crippen LogP contribution in [-0.2, 0) is 9.59 Å². The SMILES string of the molecule is CC(=O)N1CC2(CCN(C(=O)c3cc(C)c[nH]3)CC2)C[C@@H]1C(=O)O. The Balaban J connectivity index is 1.67. The number of aromatic amines is 1. The number of carbonyl (C=O) groups is 3. The largest absolute Gasteiger partial charge is 0.480 e. The summed E-state index contributed by atoms with van der Waals surface area (Å²) in [7, 11) is 0. The first kappa shape index (κ1) is 16.5. The van der Waals surface area contributed by atoms with Crippen LogP contribution in [-0.4, -0.2) is 63.4 Å². The van der Waals surface area contributed by atoms with Crippen molar-refractivity contribution < 1.29 is 19.5 Å². The fraction of sp³-hybridized carbons (Fsp3) is 0.588. The van der Waals surface area contributed by atoms with E-state index >= 15 is 0 Å². The number of rotatable bonds is 2. The lowest BCUT2D eigenvalue weighted by molar-refractivity contribution is -0.147. The summed E-state index contributed by atoms with van der Waals surface area (Å²) in [6.45, 7) is 5.01. The summed E-state index contributed by atoms with van der Waals surface area (Å²) < 4.78 is 0. The van der Waals surface area contributed by atoms with Crippen molar-refractivity contribution in [2.24, 2.45) is 5.41 Å². The van der Waals surface area contributed by atoms with E-state index < -0.39 is 12.0 Å². The molecule has 2 aliphatic rings. The van der Waals surface area contributed by atoms with Gasteiger partial charge in [-0.3, -0.25) is 9.59 Å². The molecule has 2 saturated heterocycles. The number of amides is 2. The predicted octanol–water partition coefficient (Wildman–Crippen LogP) is 1.25. The Morgan fingerprint density at radius 3 is 2.42 bits per heavy atom. The minimum atomic E-state index is -0.942. The first-order valence-corrected chi connectivity index (χ1v) is 8.26. The zero-order valence-corrected chi connectivity index (χ0v) is 14.0. The van der Waals surface area contributed by atoms with Gasteiger partial charge in [-0.25, -0.2) is 4.79 Å². The third-order valence-corrected chi connectivity index (χ3v) is 5.37. The van der Waals surface area contributed by atoms with Crippen LogP contribution in [0.3, 0.4) is 0 Å². The Morgan fingerprint density at radius 1 is 1.29 bits per heavy atom. The molecular formula is C17H23N3O4. The highest BCUT2D eigenvalue weighted by Gasteiger charge is 2.49. The van der Waals surface area contributed by atoms with Crippen molar-refractivity contribution in [1.82, 2.24) is 14.8 Å². The van der Waals surface area contributed by atoms with E-state index in [1.807, 2.05) is 17.9 Å². The molecule has 3 heterocycles. The number of carboxylic acid groups (broad SMARTS) is 1. The number of H-pyrrole nitrogens is 1. The molecule has 1 aromatic rings. The standard InChI is InChI=1S/C17H23N3O4/c1-11-7-13(18-9-11)15(22)19-5-3-17(4-6-19)8-14(16(23)24)20(10-17)12(2)21/h7,9,14,18H,3-6,8,10H2,1-2H3,(H,23,24)/t14-/m1/s1. The number of likely N-dealkylation sites (tertiary alicyclic amines) is 2. The van der Waals surface area contributed by atoms with Gasteiger partial charge in [0, 0.05) is 32.8 Å². The minimum absolute atomic E-state index is 0.0193. The van der Waals surface area contributed by atoms with E-state index in [1.165, 1.54) is 11.8 Å². The minimum Gasteiger partial charge on any atom is -0.480 e. The fourth-order valence-electron chi connectivity index (χ4n) is 3.95. The van der Waals surface area contributed by atoms with Crippen LogP contribution >= 0.6 is 0 Å². The number of piperidine rings is 1. The number of aryl methyl sites for hydroxylation is 1. The van der Waals surface area contributed by atoms with Crippen LogP contribution in [0.2, 0.25) is 0 Å². The molecule has 0 unspecified atom stereocenters. The molecule has 0 aliphatic carbocycles. The van der Waals surface area contributed by atoms with Crippen LogP contribution in [0.4, 0.5) is 0 Å². The summed E-state index contributed by atoms with van der Waals surface area (Å²) in [5, 5.41) is 9.38. The number of aliphatic carboxylic acids is 1. The van der Waals surface area contributed by atoms with Crippen molar-refractivity contribution in [1.29, 1.82) is 0 Å². The van der Waals surface area contributed by atoms with E-state index in [4.69, 9.17) is 0 Å². The number of hydrogen-bond donors (Lipinski definition) is 2. The lowest BCUT2D eigenvalue weighted by atomic mass is 9.76. The highest BCUT2D eigenvalue weighted by Crippen LogP contribution is 2.43. The van der Waals surface area contributed by atoms with E-state index in [-0.39, 0.29) is 17.2 Å². The van der Waals surface area contributed by atoms with E-state index in [0.717, 1.165) is 18.4 Å². The van der Waals surface area contributed by atoms with Crippen LogP contribution in [0.15, 0.2) is 12.3 Å². The molecule has 24 heavy (non-hydrogen) atoms. The Hall–Kier alpha value is -2.31. The van der Waals surface area contributed by atoms with Crippen molar-refractivity contribution >= 4 is 17.8 Å². The summed E-state index contributed by atoms with van der Waals surface area (Å²) in [5.74, 6) is -1.16. The molecule has 2 amide bonds. The van der Waals surface area contributed by atoms with Gasteiger partial charge < -0.3 is 19.9 Å². The molecule has 0 bridgehead atoms. The third-order valence-electron chi connectivity index (χ3n) is 5.37. The molecule has 7 nitrogen and oxygen atoms in total. The van der Waals surface area contributed by atoms with Gasteiger partial charge in [0.2, 0.25) is 5.91 Å². The van der Waals surface area contributed by atoms with E-state index in [1.54, 1.807) is 6.20 Å². The summed E-state index contributed by atoms with van der Waals surface area (Å²) in [5.41, 5.74) is 1.42. The summed E-state index contributed by atoms with van der Waals surface area (Å²) in [6.07, 6.45) is 3.74. The molecule has 0 radical (unpaired) electrons. The van der Waals surface area contributed by atoms with Gasteiger partial charge in [-0.2, -0.15) is 0 Å². The highest BCUT2D eigenvalue weighted by molar-refractivity contribution is 5.92. The molecule has 1 spiro atoms. The second-order valence-electron chi connectivity index (χ2n) is 7.09. The molecule has 7 heteroatoms. The number of carbonyl (C=O) groups excluding carboxylic acids is 2. The molecule has 130 valence electrons. The average Bonchev–Trinajstić information content (AvgIpc) is 3.12. The van der Waals surface area contributed by atoms with Gasteiger partial charge >= 0.3 is 5.97 Å². The van der Waals surface area contributed by atoms with Crippen molar-refractivity contribution in [3.8, 4) is 0 Å². The normalized spacial score (nSPS) is 22.8. The second-order valence-corrected chi connectivity index (χ2v) is 7.09. The van der Waals surface area contributed by atoms with Crippen molar-refractivity contribution in [3.05, 3.63) is 23.5 Å². The van der Waals surface area contributed by atoms with E-state index in [2.05, 4.69) is 4.98 Å². The third kappa shape index (κ3) is 2.90. The van der Waals surface area contributed by atoms with Crippen LogP contribution in [0.5, 0.6) is 0 Å². The van der Waals surface area contributed by atoms with Gasteiger partial charge in [-0.05, 0) is 43.2 Å². The second kappa shape index (κ2) is 5.96. The zero-order valence-electron chi connectivity index (χ0n) is 14.0. The molecule has 3 rings (SSSR count). The average molecular weight is 333 g/mol. The predicted molar refractivity (Wildman–Crippen MR) is 86.5 cm³/mol. The summed E-state index contributed by atoms with van der Waals surface area (Å²) in [4.78, 5) is 41.9. The van der Waals surface area contributed by atoms with Gasteiger partial charge in [0.25, 0.3) is 5.91 Å². The number of hydrogen-bond acceptors (Lipinski definition) is 3. The molecule has 2 fully saturated rings. The number of nitrogens with one attached hydrogen (secondary N) is 1. The summed E-state index contributed by atoms with van der Waals surface area (Å²) in [6, 6.07) is 1.09. The monoisotopic (exact) mass is 333 g/mol. The maximum absolute atomic E-state index is 12.5. The quantitative estimate of drug-likeness (QED) is 0.852. The summed E-state index contributed by atoms with van der Waals surface area (Å²) >= 11 is 0. The fourth-order valence-corrected chi connectivity index (χ4v) is 3.95. The maximum Gasteiger partial charge on any atom is 0.326 e. The molecule has 1 atom stereocenters. The Bertz CT molecular complexity index is 649. The Morgan fingerprint density at radius 2 is 1.96 bits per heavy atom. The van der Waals surface area contributed by atoms with Gasteiger partial charge in [-0.1, -0.05) is 0 Å². The number of nitrogens with zero attached hydrogens (tertiary/aromatic N) is 2. The molecule has 0 aromatic carbocycles. The van der Waals surface area contributed by atoms with Gasteiger partial charge in [-0.15, -0.1) is 0 Å². The first-order chi connectivity index (χ1) is 11.3. The molecule has 2 N–H and O–H groups in total. The molecular weight excluding hydrogens is 310 g/mol. The number of carboxylic acids is 1. The van der Waals surface area contributed by atoms with Crippen LogP contribution in [0, 0.1) is 12.3 Å². The van der Waals surface area contributed by atoms with Crippen molar-refractivity contribution in [2.75, 3.05) is 19.6 Å². The lowest BCUT2D eigenvalue weighted by Gasteiger charge is -2.39. The van der Waals surface area contributed by atoms with Gasteiger partial charge in [0.15, 0.2) is 0 Å². The van der Waals surface area contributed by atoms with Crippen LogP contribution < -0.4 is 0 Å². The smallest absolute Gasteiger partial charge is 0.326 e. The van der Waals surface area contributed by atoms with Gasteiger partial charge in [0.05, 0.1) is 0 Å². The van der Waals surface area contributed by atoms with Crippen molar-refractivity contribution in [3.63, 3.8) is 0 Å². The topological polar surface area (TPSA) is 93.7 Å². The van der Waals surface area contributed by atoms with Crippen LogP contribution in [0.25, 0.3) is 0 Å². The zero-order chi connectivity index (χ0) is 17.5. The highest BCUT2D eigenvalue weighted by atomic mass is 16.4. The lowest BCUT2D eigenvalue weighted by Crippen LogP contribution is -2.44. The van der Waals surface area contributed by atoms with Gasteiger partial charge in [0.1, 0.15) is 11.7 Å². The van der Waals surface area contributed by atoms with Crippen LogP contribution in [0.1, 0.15) is 42.2 Å².